The quantitative estimate of drug-likeness (QED) is 0.790. The van der Waals surface area contributed by atoms with Gasteiger partial charge in [-0.15, -0.1) is 11.3 Å². The van der Waals surface area contributed by atoms with E-state index in [0.29, 0.717) is 0 Å². The van der Waals surface area contributed by atoms with E-state index in [-0.39, 0.29) is 23.6 Å². The van der Waals surface area contributed by atoms with Crippen molar-refractivity contribution in [3.63, 3.8) is 0 Å². The van der Waals surface area contributed by atoms with Crippen molar-refractivity contribution in [3.05, 3.63) is 21.3 Å². The zero-order chi connectivity index (χ0) is 18.1. The summed E-state index contributed by atoms with van der Waals surface area (Å²) < 4.78 is 6.60. The van der Waals surface area contributed by atoms with Crippen LogP contribution in [0.4, 0.5) is 0 Å². The average molecular weight is 399 g/mol. The molecule has 3 aliphatic heterocycles. The Balaban J connectivity index is 1.28. The van der Waals surface area contributed by atoms with Crippen LogP contribution in [-0.2, 0) is 16.1 Å². The molecule has 5 nitrogen and oxygen atoms in total. The summed E-state index contributed by atoms with van der Waals surface area (Å²) in [5.41, 5.74) is -0.274. The number of carbonyl (C=O) groups is 1. The molecule has 0 radical (unpaired) electrons. The van der Waals surface area contributed by atoms with Crippen LogP contribution in [0, 0.1) is 5.41 Å². The Kier molecular flexibility index (Phi) is 5.58. The Morgan fingerprint density at radius 1 is 1.19 bits per heavy atom. The number of ether oxygens (including phenoxy) is 1. The first kappa shape index (κ1) is 18.7. The van der Waals surface area contributed by atoms with Crippen LogP contribution in [0.3, 0.4) is 0 Å². The summed E-state index contributed by atoms with van der Waals surface area (Å²) in [6.07, 6.45) is 4.14. The third-order valence-electron chi connectivity index (χ3n) is 6.17. The zero-order valence-electron chi connectivity index (χ0n) is 15.0. The SMILES string of the molecule is O=C1OC(CN2CCC(O)CC2)CC12CCN(Cc1ccc(Cl)s1)CC2. The van der Waals surface area contributed by atoms with Gasteiger partial charge in [-0.05, 0) is 50.9 Å². The number of esters is 1. The topological polar surface area (TPSA) is 53.0 Å². The molecule has 3 aliphatic rings. The second-order valence-corrected chi connectivity index (χ2v) is 9.83. The van der Waals surface area contributed by atoms with Gasteiger partial charge in [-0.3, -0.25) is 14.6 Å². The average Bonchev–Trinajstić information content (AvgIpc) is 3.16. The normalized spacial score (nSPS) is 27.9. The Morgan fingerprint density at radius 3 is 2.58 bits per heavy atom. The molecule has 1 N–H and O–H groups in total. The van der Waals surface area contributed by atoms with Gasteiger partial charge in [0.2, 0.25) is 0 Å². The van der Waals surface area contributed by atoms with E-state index in [1.807, 2.05) is 6.07 Å². The lowest BCUT2D eigenvalue weighted by molar-refractivity contribution is -0.151. The lowest BCUT2D eigenvalue weighted by Gasteiger charge is -2.36. The minimum atomic E-state index is -0.274. The van der Waals surface area contributed by atoms with Crippen molar-refractivity contribution < 1.29 is 14.6 Å². The first-order valence-corrected chi connectivity index (χ1v) is 10.8. The fourth-order valence-electron chi connectivity index (χ4n) is 4.53. The lowest BCUT2D eigenvalue weighted by Crippen LogP contribution is -2.42. The minimum Gasteiger partial charge on any atom is -0.461 e. The largest absolute Gasteiger partial charge is 0.461 e. The third-order valence-corrected chi connectivity index (χ3v) is 7.38. The number of hydrogen-bond donors (Lipinski definition) is 1. The van der Waals surface area contributed by atoms with Gasteiger partial charge in [0.15, 0.2) is 0 Å². The number of aliphatic hydroxyl groups is 1. The highest BCUT2D eigenvalue weighted by molar-refractivity contribution is 7.16. The van der Waals surface area contributed by atoms with Crippen molar-refractivity contribution in [2.45, 2.75) is 50.9 Å². The van der Waals surface area contributed by atoms with E-state index in [0.717, 1.165) is 75.7 Å². The summed E-state index contributed by atoms with van der Waals surface area (Å²) in [5.74, 6) is 0.0124. The van der Waals surface area contributed by atoms with Crippen LogP contribution in [0.1, 0.15) is 37.0 Å². The monoisotopic (exact) mass is 398 g/mol. The molecule has 3 saturated heterocycles. The number of likely N-dealkylation sites (tertiary alicyclic amines) is 2. The van der Waals surface area contributed by atoms with Gasteiger partial charge in [-0.1, -0.05) is 11.6 Å². The smallest absolute Gasteiger partial charge is 0.312 e. The van der Waals surface area contributed by atoms with E-state index >= 15 is 0 Å². The van der Waals surface area contributed by atoms with Gasteiger partial charge in [-0.2, -0.15) is 0 Å². The molecule has 0 saturated carbocycles. The maximum absolute atomic E-state index is 12.6. The van der Waals surface area contributed by atoms with E-state index in [2.05, 4.69) is 15.9 Å². The maximum Gasteiger partial charge on any atom is 0.312 e. The molecule has 0 aliphatic carbocycles. The number of carbonyl (C=O) groups excluding carboxylic acids is 1. The zero-order valence-corrected chi connectivity index (χ0v) is 16.6. The van der Waals surface area contributed by atoms with Crippen molar-refractivity contribution in [3.8, 4) is 0 Å². The standard InChI is InChI=1S/C19H27ClN2O3S/c20-17-2-1-16(26-17)13-22-9-5-19(6-10-22)11-15(25-18(19)24)12-21-7-3-14(23)4-8-21/h1-2,14-15,23H,3-13H2. The summed E-state index contributed by atoms with van der Waals surface area (Å²) in [6.45, 7) is 5.42. The van der Waals surface area contributed by atoms with Crippen LogP contribution in [0.5, 0.6) is 0 Å². The van der Waals surface area contributed by atoms with Gasteiger partial charge in [0, 0.05) is 37.5 Å². The first-order valence-electron chi connectivity index (χ1n) is 9.60. The molecule has 4 rings (SSSR count). The molecule has 1 unspecified atom stereocenters. The van der Waals surface area contributed by atoms with Crippen LogP contribution < -0.4 is 0 Å². The molecule has 7 heteroatoms. The second kappa shape index (κ2) is 7.76. The van der Waals surface area contributed by atoms with Gasteiger partial charge in [0.05, 0.1) is 15.9 Å². The maximum atomic E-state index is 12.6. The molecule has 0 aromatic carbocycles. The summed E-state index contributed by atoms with van der Waals surface area (Å²) in [7, 11) is 0. The van der Waals surface area contributed by atoms with E-state index in [9.17, 15) is 9.90 Å². The molecular formula is C19H27ClN2O3S. The highest BCUT2D eigenvalue weighted by Gasteiger charge is 2.50. The summed E-state index contributed by atoms with van der Waals surface area (Å²) in [6, 6.07) is 4.04. The van der Waals surface area contributed by atoms with Crippen LogP contribution >= 0.6 is 22.9 Å². The molecule has 0 bridgehead atoms. The Morgan fingerprint density at radius 2 is 1.92 bits per heavy atom. The van der Waals surface area contributed by atoms with Gasteiger partial charge in [0.1, 0.15) is 6.10 Å². The minimum absolute atomic E-state index is 0.0124. The van der Waals surface area contributed by atoms with E-state index in [1.54, 1.807) is 11.3 Å². The van der Waals surface area contributed by atoms with Gasteiger partial charge in [-0.25, -0.2) is 0 Å². The summed E-state index contributed by atoms with van der Waals surface area (Å²) in [5, 5.41) is 9.64. The van der Waals surface area contributed by atoms with Gasteiger partial charge in [0.25, 0.3) is 0 Å². The molecule has 1 aromatic heterocycles. The molecular weight excluding hydrogens is 372 g/mol. The number of hydrogen-bond acceptors (Lipinski definition) is 6. The van der Waals surface area contributed by atoms with E-state index in [4.69, 9.17) is 16.3 Å². The lowest BCUT2D eigenvalue weighted by atomic mass is 9.76. The summed E-state index contributed by atoms with van der Waals surface area (Å²) in [4.78, 5) is 18.6. The highest BCUT2D eigenvalue weighted by Crippen LogP contribution is 2.43. The molecule has 26 heavy (non-hydrogen) atoms. The van der Waals surface area contributed by atoms with Crippen molar-refractivity contribution in [1.82, 2.24) is 9.80 Å². The third kappa shape index (κ3) is 4.09. The Hall–Kier alpha value is -0.660. The molecule has 1 aromatic rings. The van der Waals surface area contributed by atoms with Crippen molar-refractivity contribution in [2.75, 3.05) is 32.7 Å². The molecule has 1 spiro atoms. The van der Waals surface area contributed by atoms with Crippen LogP contribution in [0.2, 0.25) is 4.34 Å². The van der Waals surface area contributed by atoms with Crippen LogP contribution in [0.15, 0.2) is 12.1 Å². The highest BCUT2D eigenvalue weighted by atomic mass is 35.5. The van der Waals surface area contributed by atoms with E-state index < -0.39 is 0 Å². The van der Waals surface area contributed by atoms with Crippen molar-refractivity contribution in [1.29, 1.82) is 0 Å². The predicted molar refractivity (Wildman–Crippen MR) is 102 cm³/mol. The van der Waals surface area contributed by atoms with Crippen molar-refractivity contribution >= 4 is 28.9 Å². The second-order valence-electron chi connectivity index (χ2n) is 8.03. The molecule has 144 valence electrons. The van der Waals surface area contributed by atoms with Crippen LogP contribution in [0.25, 0.3) is 0 Å². The molecule has 1 atom stereocenters. The number of halogens is 1. The fraction of sp³-hybridized carbons (Fsp3) is 0.737. The fourth-order valence-corrected chi connectivity index (χ4v) is 5.66. The van der Waals surface area contributed by atoms with Gasteiger partial charge < -0.3 is 9.84 Å². The number of nitrogens with zero attached hydrogens (tertiary/aromatic N) is 2. The number of piperidine rings is 2. The predicted octanol–water partition coefficient (Wildman–Crippen LogP) is 2.76. The number of thiophene rings is 1. The van der Waals surface area contributed by atoms with Crippen LogP contribution in [-0.4, -0.2) is 65.8 Å². The van der Waals surface area contributed by atoms with Crippen molar-refractivity contribution in [2.24, 2.45) is 5.41 Å². The first-order chi connectivity index (χ1) is 12.5. The number of aliphatic hydroxyl groups excluding tert-OH is 1. The number of cyclic esters (lactones) is 1. The van der Waals surface area contributed by atoms with Gasteiger partial charge >= 0.3 is 5.97 Å². The molecule has 0 amide bonds. The Labute approximate surface area is 163 Å². The summed E-state index contributed by atoms with van der Waals surface area (Å²) >= 11 is 7.66. The molecule has 3 fully saturated rings. The Bertz CT molecular complexity index is 636. The van der Waals surface area contributed by atoms with E-state index in [1.165, 1.54) is 4.88 Å². The molecule has 4 heterocycles. The number of rotatable bonds is 4.